The number of hydrogen-bond acceptors (Lipinski definition) is 11. The van der Waals surface area contributed by atoms with Gasteiger partial charge in [0.25, 0.3) is 5.91 Å². The molecule has 3 aliphatic carbocycles. The first-order valence-electron chi connectivity index (χ1n) is 11.2. The molecule has 4 atom stereocenters. The van der Waals surface area contributed by atoms with Crippen molar-refractivity contribution in [3.63, 3.8) is 0 Å². The number of Topliss-reactive ketones (excluding diaryl/α,β-unsaturated/α-hetero) is 2. The average molecular weight is 502 g/mol. The van der Waals surface area contributed by atoms with E-state index in [4.69, 9.17) is 5.73 Å². The molecule has 0 bridgehead atoms. The van der Waals surface area contributed by atoms with E-state index < -0.39 is 74.4 Å². The fourth-order valence-electron chi connectivity index (χ4n) is 5.78. The monoisotopic (exact) mass is 502 g/mol. The number of nitrogens with one attached hydrogen (secondary N) is 1. The second-order valence-electron chi connectivity index (χ2n) is 9.39. The summed E-state index contributed by atoms with van der Waals surface area (Å²) in [5.41, 5.74) is 0.786. The summed E-state index contributed by atoms with van der Waals surface area (Å²) < 4.78 is 0. The number of phenols is 1. The third kappa shape index (κ3) is 3.19. The van der Waals surface area contributed by atoms with Crippen LogP contribution in [-0.4, -0.2) is 80.0 Å². The summed E-state index contributed by atoms with van der Waals surface area (Å²) in [7, 11) is 3.02. The minimum atomic E-state index is -2.77. The highest BCUT2D eigenvalue weighted by atomic mass is 16.6. The van der Waals surface area contributed by atoms with Gasteiger partial charge < -0.3 is 31.5 Å². The molecule has 13 heteroatoms. The molecule has 1 aromatic rings. The molecule has 0 heterocycles. The first-order valence-corrected chi connectivity index (χ1v) is 11.2. The molecule has 3 aliphatic rings. The maximum Gasteiger partial charge on any atom is 0.313 e. The molecule has 192 valence electrons. The van der Waals surface area contributed by atoms with Crippen LogP contribution in [-0.2, 0) is 20.8 Å². The second-order valence-corrected chi connectivity index (χ2v) is 9.39. The van der Waals surface area contributed by atoms with Gasteiger partial charge in [-0.05, 0) is 45.3 Å². The van der Waals surface area contributed by atoms with Gasteiger partial charge in [-0.2, -0.15) is 0 Å². The Morgan fingerprint density at radius 2 is 1.94 bits per heavy atom. The van der Waals surface area contributed by atoms with Crippen molar-refractivity contribution >= 4 is 34.6 Å². The highest BCUT2D eigenvalue weighted by Crippen LogP contribution is 2.54. The van der Waals surface area contributed by atoms with Crippen molar-refractivity contribution in [3.05, 3.63) is 44.2 Å². The number of aromatic hydroxyl groups is 1. The first kappa shape index (κ1) is 25.1. The summed E-state index contributed by atoms with van der Waals surface area (Å²) in [6.45, 7) is 2.11. The van der Waals surface area contributed by atoms with E-state index >= 15 is 0 Å². The summed E-state index contributed by atoms with van der Waals surface area (Å²) in [5.74, 6) is -8.18. The van der Waals surface area contributed by atoms with E-state index in [9.17, 15) is 44.9 Å². The van der Waals surface area contributed by atoms with Gasteiger partial charge in [0.2, 0.25) is 11.5 Å². The Bertz CT molecular complexity index is 1300. The molecule has 1 saturated carbocycles. The number of aliphatic hydroxyl groups is 3. The van der Waals surface area contributed by atoms with Gasteiger partial charge in [0.1, 0.15) is 17.1 Å². The summed E-state index contributed by atoms with van der Waals surface area (Å²) in [6.07, 6.45) is -0.0441. The quantitative estimate of drug-likeness (QED) is 0.139. The molecule has 2 unspecified atom stereocenters. The molecule has 0 spiro atoms. The summed E-state index contributed by atoms with van der Waals surface area (Å²) in [5, 5.41) is 58.7. The van der Waals surface area contributed by atoms with Crippen LogP contribution in [0.15, 0.2) is 23.0 Å². The number of hydrogen-bond donors (Lipinski definition) is 6. The number of nitro benzene ring substituents is 1. The number of fused-ring (bicyclic) bond motifs is 3. The van der Waals surface area contributed by atoms with Gasteiger partial charge in [-0.3, -0.25) is 29.4 Å². The Morgan fingerprint density at radius 3 is 2.47 bits per heavy atom. The number of nitro groups is 1. The number of carbonyl (C=O) groups is 3. The normalized spacial score (nSPS) is 27.5. The third-order valence-corrected chi connectivity index (χ3v) is 7.26. The van der Waals surface area contributed by atoms with Crippen LogP contribution in [0.3, 0.4) is 0 Å². The highest BCUT2D eigenvalue weighted by Gasteiger charge is 2.64. The summed E-state index contributed by atoms with van der Waals surface area (Å²) in [6, 6.07) is -0.0573. The standard InChI is InChI=1S/C23H26N4O9/c1-4-25-11-7-12(27(35)36)17(28)14-9(11)5-8-6-10-16(26(2)3)19(30)15(22(24)33)21(32)23(10,34)20(31)13(8)18(14)29/h7-8,10,16,25,28-29,32,34H,4-6H2,1-3H3,(H2,24,33)/t8?,10?,16-,23-/m0/s1. The number of nitrogens with zero attached hydrogens (tertiary/aromatic N) is 2. The van der Waals surface area contributed by atoms with Crippen molar-refractivity contribution in [1.82, 2.24) is 4.90 Å². The zero-order chi connectivity index (χ0) is 26.9. The number of ketones is 2. The first-order chi connectivity index (χ1) is 16.8. The molecular formula is C23H26N4O9. The van der Waals surface area contributed by atoms with Gasteiger partial charge in [-0.25, -0.2) is 0 Å². The number of carbonyl (C=O) groups excluding carboxylic acids is 3. The molecule has 4 rings (SSSR count). The maximum absolute atomic E-state index is 13.8. The van der Waals surface area contributed by atoms with E-state index in [2.05, 4.69) is 5.32 Å². The zero-order valence-corrected chi connectivity index (χ0v) is 19.7. The molecule has 7 N–H and O–H groups in total. The molecule has 0 aromatic heterocycles. The van der Waals surface area contributed by atoms with Crippen LogP contribution in [0.5, 0.6) is 5.75 Å². The number of nitrogens with two attached hydrogens (primary N) is 1. The molecule has 1 fully saturated rings. The molecule has 1 amide bonds. The Labute approximate surface area is 204 Å². The van der Waals surface area contributed by atoms with E-state index in [0.29, 0.717) is 12.1 Å². The van der Waals surface area contributed by atoms with Crippen LogP contribution in [0.2, 0.25) is 0 Å². The van der Waals surface area contributed by atoms with Crippen LogP contribution < -0.4 is 11.1 Å². The van der Waals surface area contributed by atoms with Crippen molar-refractivity contribution in [2.45, 2.75) is 31.4 Å². The van der Waals surface area contributed by atoms with Crippen LogP contribution in [0.1, 0.15) is 24.5 Å². The zero-order valence-electron chi connectivity index (χ0n) is 19.7. The van der Waals surface area contributed by atoms with E-state index in [-0.39, 0.29) is 29.7 Å². The predicted molar refractivity (Wildman–Crippen MR) is 125 cm³/mol. The number of aliphatic hydroxyl groups excluding tert-OH is 2. The lowest BCUT2D eigenvalue weighted by Crippen LogP contribution is -2.65. The number of phenolic OH excluding ortho intramolecular Hbond substituents is 1. The average Bonchev–Trinajstić information content (AvgIpc) is 2.77. The van der Waals surface area contributed by atoms with Gasteiger partial charge in [-0.15, -0.1) is 0 Å². The van der Waals surface area contributed by atoms with Crippen molar-refractivity contribution in [2.24, 2.45) is 17.6 Å². The molecule has 0 aliphatic heterocycles. The Kier molecular flexibility index (Phi) is 5.80. The van der Waals surface area contributed by atoms with Gasteiger partial charge in [-0.1, -0.05) is 0 Å². The lowest BCUT2D eigenvalue weighted by atomic mass is 9.57. The van der Waals surface area contributed by atoms with Crippen LogP contribution in [0.4, 0.5) is 11.4 Å². The van der Waals surface area contributed by atoms with Crippen LogP contribution in [0, 0.1) is 22.0 Å². The molecule has 0 saturated heterocycles. The number of likely N-dealkylation sites (N-methyl/N-ethyl adjacent to an activating group) is 1. The molecular weight excluding hydrogens is 476 g/mol. The maximum atomic E-state index is 13.8. The third-order valence-electron chi connectivity index (χ3n) is 7.26. The summed E-state index contributed by atoms with van der Waals surface area (Å²) in [4.78, 5) is 50.9. The Hall–Kier alpha value is -3.97. The van der Waals surface area contributed by atoms with E-state index in [1.807, 2.05) is 0 Å². The molecule has 13 nitrogen and oxygen atoms in total. The van der Waals surface area contributed by atoms with Gasteiger partial charge in [0.15, 0.2) is 11.4 Å². The number of anilines is 1. The number of primary amides is 1. The van der Waals surface area contributed by atoms with Gasteiger partial charge >= 0.3 is 5.69 Å². The molecule has 36 heavy (non-hydrogen) atoms. The van der Waals surface area contributed by atoms with Crippen molar-refractivity contribution < 1.29 is 39.7 Å². The SMILES string of the molecule is CCNc1cc([N+](=O)[O-])c(O)c2c1CC1CC3[C@H](N(C)C)C(=O)C(C(N)=O)=C(O)[C@@]3(O)C(=O)C1=C2O. The smallest absolute Gasteiger partial charge is 0.313 e. The number of rotatable bonds is 5. The lowest BCUT2D eigenvalue weighted by molar-refractivity contribution is -0.385. The molecule has 1 aromatic carbocycles. The van der Waals surface area contributed by atoms with E-state index in [1.54, 1.807) is 6.92 Å². The van der Waals surface area contributed by atoms with Gasteiger partial charge in [0, 0.05) is 29.8 Å². The largest absolute Gasteiger partial charge is 0.508 e. The van der Waals surface area contributed by atoms with E-state index in [1.165, 1.54) is 19.0 Å². The Morgan fingerprint density at radius 1 is 1.31 bits per heavy atom. The lowest BCUT2D eigenvalue weighted by Gasteiger charge is -2.50. The minimum Gasteiger partial charge on any atom is -0.508 e. The fourth-order valence-corrected chi connectivity index (χ4v) is 5.78. The summed E-state index contributed by atoms with van der Waals surface area (Å²) >= 11 is 0. The number of amides is 1. The minimum absolute atomic E-state index is 0.0302. The predicted octanol–water partition coefficient (Wildman–Crippen LogP) is 0.304. The number of benzene rings is 1. The van der Waals surface area contributed by atoms with E-state index in [0.717, 1.165) is 6.07 Å². The molecule has 0 radical (unpaired) electrons. The van der Waals surface area contributed by atoms with Crippen molar-refractivity contribution in [3.8, 4) is 5.75 Å². The van der Waals surface area contributed by atoms with Crippen molar-refractivity contribution in [2.75, 3.05) is 26.0 Å². The Balaban J connectivity index is 2.01. The topological polar surface area (TPSA) is 217 Å². The second kappa shape index (κ2) is 8.31. The van der Waals surface area contributed by atoms with Crippen molar-refractivity contribution in [1.29, 1.82) is 0 Å². The highest BCUT2D eigenvalue weighted by molar-refractivity contribution is 6.24. The van der Waals surface area contributed by atoms with Crippen LogP contribution >= 0.6 is 0 Å². The fraction of sp³-hybridized carbons (Fsp3) is 0.435. The van der Waals surface area contributed by atoms with Gasteiger partial charge in [0.05, 0.1) is 16.5 Å². The van der Waals surface area contributed by atoms with Crippen LogP contribution in [0.25, 0.3) is 5.76 Å².